The highest BCUT2D eigenvalue weighted by molar-refractivity contribution is 5.84. The quantitative estimate of drug-likeness (QED) is 0.725. The number of nitrogens with two attached hydrogens (primary N) is 1. The van der Waals surface area contributed by atoms with Crippen molar-refractivity contribution >= 4 is 16.6 Å². The van der Waals surface area contributed by atoms with E-state index in [0.717, 1.165) is 55.8 Å². The van der Waals surface area contributed by atoms with E-state index in [9.17, 15) is 4.79 Å². The van der Waals surface area contributed by atoms with E-state index >= 15 is 0 Å². The van der Waals surface area contributed by atoms with E-state index in [0.29, 0.717) is 17.1 Å². The third kappa shape index (κ3) is 2.96. The molecule has 3 aromatic rings. The molecule has 0 amide bonds. The van der Waals surface area contributed by atoms with E-state index < -0.39 is 0 Å². The van der Waals surface area contributed by atoms with Crippen molar-refractivity contribution in [3.8, 4) is 11.1 Å². The minimum atomic E-state index is -0.173. The van der Waals surface area contributed by atoms with Crippen LogP contribution in [-0.2, 0) is 4.74 Å². The van der Waals surface area contributed by atoms with Crippen LogP contribution in [0.15, 0.2) is 47.3 Å². The Bertz CT molecular complexity index is 1070. The number of anilines is 1. The molecule has 1 aliphatic heterocycles. The van der Waals surface area contributed by atoms with Crippen molar-refractivity contribution in [1.29, 1.82) is 0 Å². The van der Waals surface area contributed by atoms with Crippen LogP contribution in [0.3, 0.4) is 0 Å². The summed E-state index contributed by atoms with van der Waals surface area (Å²) in [6.07, 6.45) is 2.11. The van der Waals surface area contributed by atoms with Gasteiger partial charge in [-0.05, 0) is 48.2 Å². The molecular formula is C21H22N4O2. The van der Waals surface area contributed by atoms with Gasteiger partial charge in [0.1, 0.15) is 5.82 Å². The first kappa shape index (κ1) is 16.3. The molecule has 6 heteroatoms. The van der Waals surface area contributed by atoms with Gasteiger partial charge in [0.15, 0.2) is 0 Å². The fourth-order valence-corrected chi connectivity index (χ4v) is 3.73. The Labute approximate surface area is 157 Å². The summed E-state index contributed by atoms with van der Waals surface area (Å²) in [5.74, 6) is 7.06. The minimum absolute atomic E-state index is 0.173. The van der Waals surface area contributed by atoms with Crippen molar-refractivity contribution in [2.24, 2.45) is 0 Å². The van der Waals surface area contributed by atoms with Crippen LogP contribution in [0.5, 0.6) is 0 Å². The second-order valence-corrected chi connectivity index (χ2v) is 7.30. The van der Waals surface area contributed by atoms with E-state index in [1.165, 1.54) is 10.4 Å². The van der Waals surface area contributed by atoms with Crippen LogP contribution in [-0.4, -0.2) is 36.0 Å². The van der Waals surface area contributed by atoms with Crippen LogP contribution in [0.4, 0.5) is 5.69 Å². The van der Waals surface area contributed by atoms with E-state index in [-0.39, 0.29) is 5.56 Å². The number of nitrogens with zero attached hydrogens (tertiary/aromatic N) is 3. The van der Waals surface area contributed by atoms with Crippen LogP contribution < -0.4 is 16.3 Å². The number of nitrogen functional groups attached to an aromatic ring is 1. The lowest BCUT2D eigenvalue weighted by atomic mass is 10.0. The van der Waals surface area contributed by atoms with Crippen molar-refractivity contribution in [1.82, 2.24) is 9.66 Å². The van der Waals surface area contributed by atoms with Gasteiger partial charge in [0, 0.05) is 24.7 Å². The zero-order valence-corrected chi connectivity index (χ0v) is 15.1. The summed E-state index contributed by atoms with van der Waals surface area (Å²) in [7, 11) is 0. The summed E-state index contributed by atoms with van der Waals surface area (Å²) in [5.41, 5.74) is 3.80. The number of morpholine rings is 1. The topological polar surface area (TPSA) is 73.4 Å². The molecule has 5 rings (SSSR count). The van der Waals surface area contributed by atoms with Gasteiger partial charge in [0.25, 0.3) is 5.56 Å². The highest BCUT2D eigenvalue weighted by atomic mass is 16.5. The summed E-state index contributed by atoms with van der Waals surface area (Å²) in [6.45, 7) is 3.30. The molecule has 0 radical (unpaired) electrons. The van der Waals surface area contributed by atoms with Gasteiger partial charge in [0.05, 0.1) is 24.1 Å². The van der Waals surface area contributed by atoms with E-state index in [4.69, 9.17) is 10.6 Å². The molecule has 0 unspecified atom stereocenters. The van der Waals surface area contributed by atoms with Crippen molar-refractivity contribution in [2.75, 3.05) is 37.0 Å². The molecule has 2 fully saturated rings. The van der Waals surface area contributed by atoms with E-state index in [1.807, 2.05) is 18.2 Å². The molecule has 2 heterocycles. The Morgan fingerprint density at radius 2 is 1.81 bits per heavy atom. The van der Waals surface area contributed by atoms with Crippen molar-refractivity contribution in [2.45, 2.75) is 18.8 Å². The number of aromatic nitrogens is 2. The van der Waals surface area contributed by atoms with Crippen molar-refractivity contribution in [3.05, 3.63) is 58.6 Å². The van der Waals surface area contributed by atoms with Crippen LogP contribution >= 0.6 is 0 Å². The lowest BCUT2D eigenvalue weighted by molar-refractivity contribution is 0.122. The minimum Gasteiger partial charge on any atom is -0.378 e. The van der Waals surface area contributed by atoms with Crippen molar-refractivity contribution < 1.29 is 4.74 Å². The molecule has 0 spiro atoms. The van der Waals surface area contributed by atoms with Gasteiger partial charge in [0.2, 0.25) is 0 Å². The highest BCUT2D eigenvalue weighted by Gasteiger charge is 2.29. The molecule has 1 aromatic heterocycles. The standard InChI is InChI=1S/C21H22N4O2/c22-25-20(14-4-5-14)23-19-7-6-16(13-18(19)21(25)26)15-2-1-3-17(12-15)24-8-10-27-11-9-24/h1-3,6-7,12-14H,4-5,8-11,22H2. The predicted octanol–water partition coefficient (Wildman–Crippen LogP) is 2.49. The fraction of sp³-hybridized carbons (Fsp3) is 0.333. The Morgan fingerprint density at radius 1 is 1.04 bits per heavy atom. The van der Waals surface area contributed by atoms with Gasteiger partial charge < -0.3 is 15.5 Å². The molecule has 2 aromatic carbocycles. The number of hydrogen-bond donors (Lipinski definition) is 1. The Balaban J connectivity index is 1.56. The maximum absolute atomic E-state index is 12.8. The van der Waals surface area contributed by atoms with Gasteiger partial charge in [-0.15, -0.1) is 0 Å². The smallest absolute Gasteiger partial charge is 0.279 e. The summed E-state index contributed by atoms with van der Waals surface area (Å²) < 4.78 is 6.67. The average Bonchev–Trinajstić information content (AvgIpc) is 3.56. The lowest BCUT2D eigenvalue weighted by Crippen LogP contribution is -2.36. The monoisotopic (exact) mass is 362 g/mol. The third-order valence-electron chi connectivity index (χ3n) is 5.43. The number of benzene rings is 2. The van der Waals surface area contributed by atoms with Gasteiger partial charge in [-0.3, -0.25) is 4.79 Å². The fourth-order valence-electron chi connectivity index (χ4n) is 3.73. The summed E-state index contributed by atoms with van der Waals surface area (Å²) in [6, 6.07) is 14.3. The molecule has 2 N–H and O–H groups in total. The average molecular weight is 362 g/mol. The lowest BCUT2D eigenvalue weighted by Gasteiger charge is -2.29. The number of ether oxygens (including phenoxy) is 1. The largest absolute Gasteiger partial charge is 0.378 e. The summed E-state index contributed by atoms with van der Waals surface area (Å²) >= 11 is 0. The Hall–Kier alpha value is -2.86. The third-order valence-corrected chi connectivity index (χ3v) is 5.43. The summed E-state index contributed by atoms with van der Waals surface area (Å²) in [5, 5.41) is 0.566. The highest BCUT2D eigenvalue weighted by Crippen LogP contribution is 2.38. The van der Waals surface area contributed by atoms with Crippen molar-refractivity contribution in [3.63, 3.8) is 0 Å². The van der Waals surface area contributed by atoms with E-state index in [1.54, 1.807) is 0 Å². The number of fused-ring (bicyclic) bond motifs is 1. The first-order valence-electron chi connectivity index (χ1n) is 9.45. The van der Waals surface area contributed by atoms with Crippen LogP contribution in [0.25, 0.3) is 22.0 Å². The molecule has 27 heavy (non-hydrogen) atoms. The van der Waals surface area contributed by atoms with Gasteiger partial charge >= 0.3 is 0 Å². The molecule has 0 bridgehead atoms. The second kappa shape index (κ2) is 6.39. The molecule has 6 nitrogen and oxygen atoms in total. The summed E-state index contributed by atoms with van der Waals surface area (Å²) in [4.78, 5) is 19.7. The molecule has 1 aliphatic carbocycles. The normalized spacial score (nSPS) is 17.4. The maximum atomic E-state index is 12.8. The maximum Gasteiger partial charge on any atom is 0.279 e. The zero-order valence-electron chi connectivity index (χ0n) is 15.1. The molecule has 138 valence electrons. The van der Waals surface area contributed by atoms with Crippen LogP contribution in [0, 0.1) is 0 Å². The van der Waals surface area contributed by atoms with Gasteiger partial charge in [-0.1, -0.05) is 18.2 Å². The second-order valence-electron chi connectivity index (χ2n) is 7.30. The molecule has 1 saturated heterocycles. The van der Waals surface area contributed by atoms with Gasteiger partial charge in [-0.25, -0.2) is 9.66 Å². The predicted molar refractivity (Wildman–Crippen MR) is 107 cm³/mol. The Kier molecular flexibility index (Phi) is 3.86. The molecule has 1 saturated carbocycles. The van der Waals surface area contributed by atoms with Crippen LogP contribution in [0.2, 0.25) is 0 Å². The SMILES string of the molecule is Nn1c(C2CC2)nc2ccc(-c3cccc(N4CCOCC4)c3)cc2c1=O. The molecule has 2 aliphatic rings. The number of hydrogen-bond acceptors (Lipinski definition) is 5. The number of rotatable bonds is 3. The van der Waals surface area contributed by atoms with E-state index in [2.05, 4.69) is 34.1 Å². The van der Waals surface area contributed by atoms with Crippen LogP contribution in [0.1, 0.15) is 24.6 Å². The molecular weight excluding hydrogens is 340 g/mol. The Morgan fingerprint density at radius 3 is 2.59 bits per heavy atom. The molecule has 0 atom stereocenters. The first-order valence-corrected chi connectivity index (χ1v) is 9.45. The van der Waals surface area contributed by atoms with Gasteiger partial charge in [-0.2, -0.15) is 0 Å². The zero-order chi connectivity index (χ0) is 18.4. The first-order chi connectivity index (χ1) is 13.2.